The highest BCUT2D eigenvalue weighted by molar-refractivity contribution is 5.83. The van der Waals surface area contributed by atoms with Gasteiger partial charge in [0, 0.05) is 7.11 Å². The predicted octanol–water partition coefficient (Wildman–Crippen LogP) is -0.199. The van der Waals surface area contributed by atoms with Gasteiger partial charge in [0.1, 0.15) is 6.10 Å². The van der Waals surface area contributed by atoms with Gasteiger partial charge in [-0.3, -0.25) is 0 Å². The van der Waals surface area contributed by atoms with Crippen LogP contribution in [0.5, 0.6) is 0 Å². The summed E-state index contributed by atoms with van der Waals surface area (Å²) >= 11 is 0. The molecule has 1 atom stereocenters. The number of oxime groups is 1. The van der Waals surface area contributed by atoms with Gasteiger partial charge in [-0.1, -0.05) is 5.16 Å². The van der Waals surface area contributed by atoms with Crippen molar-refractivity contribution in [3.05, 3.63) is 0 Å². The molecule has 0 aromatic heterocycles. The Balaban J connectivity index is 3.27. The third kappa shape index (κ3) is 6.64. The second-order valence-corrected chi connectivity index (χ2v) is 2.64. The Morgan fingerprint density at radius 3 is 2.57 bits per heavy atom. The van der Waals surface area contributed by atoms with Gasteiger partial charge in [0.2, 0.25) is 0 Å². The van der Waals surface area contributed by atoms with Crippen molar-refractivity contribution >= 4 is 5.84 Å². The van der Waals surface area contributed by atoms with E-state index in [9.17, 15) is 0 Å². The maximum atomic E-state index is 8.31. The fourth-order valence-electron chi connectivity index (χ4n) is 0.695. The topological polar surface area (TPSA) is 86.3 Å². The summed E-state index contributed by atoms with van der Waals surface area (Å²) in [6.07, 6.45) is -0.397. The Bertz CT molecular complexity index is 163. The van der Waals surface area contributed by atoms with E-state index in [4.69, 9.17) is 25.2 Å². The Morgan fingerprint density at radius 2 is 2.00 bits per heavy atom. The quantitative estimate of drug-likeness (QED) is 0.189. The highest BCUT2D eigenvalue weighted by Crippen LogP contribution is 1.90. The van der Waals surface area contributed by atoms with Gasteiger partial charge >= 0.3 is 0 Å². The molecule has 0 fully saturated rings. The third-order valence-electron chi connectivity index (χ3n) is 1.56. The van der Waals surface area contributed by atoms with E-state index in [1.807, 2.05) is 0 Å². The Labute approximate surface area is 83.6 Å². The van der Waals surface area contributed by atoms with Crippen LogP contribution in [0.1, 0.15) is 6.92 Å². The molecule has 84 valence electrons. The summed E-state index contributed by atoms with van der Waals surface area (Å²) in [4.78, 5) is 0. The number of hydrogen-bond donors (Lipinski definition) is 2. The molecule has 3 N–H and O–H groups in total. The first-order chi connectivity index (χ1) is 6.72. The second kappa shape index (κ2) is 8.74. The Kier molecular flexibility index (Phi) is 8.20. The van der Waals surface area contributed by atoms with E-state index in [0.717, 1.165) is 0 Å². The van der Waals surface area contributed by atoms with Crippen LogP contribution in [0.4, 0.5) is 0 Å². The average molecular weight is 206 g/mol. The molecule has 1 unspecified atom stereocenters. The molecule has 0 amide bonds. The molecule has 0 heterocycles. The van der Waals surface area contributed by atoms with Crippen molar-refractivity contribution < 1.29 is 19.4 Å². The lowest BCUT2D eigenvalue weighted by molar-refractivity contribution is 0.0159. The molecule has 0 spiro atoms. The van der Waals surface area contributed by atoms with Crippen molar-refractivity contribution in [1.29, 1.82) is 0 Å². The third-order valence-corrected chi connectivity index (χ3v) is 1.56. The van der Waals surface area contributed by atoms with Crippen molar-refractivity contribution in [2.45, 2.75) is 13.0 Å². The van der Waals surface area contributed by atoms with E-state index in [-0.39, 0.29) is 5.84 Å². The minimum absolute atomic E-state index is 0.0573. The van der Waals surface area contributed by atoms with Crippen molar-refractivity contribution in [1.82, 2.24) is 0 Å². The van der Waals surface area contributed by atoms with Crippen LogP contribution in [-0.4, -0.2) is 50.7 Å². The fourth-order valence-corrected chi connectivity index (χ4v) is 0.695. The van der Waals surface area contributed by atoms with E-state index in [2.05, 4.69) is 5.16 Å². The summed E-state index contributed by atoms with van der Waals surface area (Å²) in [5.74, 6) is 0.0573. The second-order valence-electron chi connectivity index (χ2n) is 2.64. The predicted molar refractivity (Wildman–Crippen MR) is 51.5 cm³/mol. The van der Waals surface area contributed by atoms with Crippen LogP contribution < -0.4 is 5.73 Å². The number of rotatable bonds is 8. The van der Waals surface area contributed by atoms with Gasteiger partial charge in [-0.05, 0) is 6.92 Å². The number of hydrogen-bond acceptors (Lipinski definition) is 5. The summed E-state index contributed by atoms with van der Waals surface area (Å²) in [5, 5.41) is 11.1. The monoisotopic (exact) mass is 206 g/mol. The number of nitrogens with two attached hydrogens (primary N) is 1. The highest BCUT2D eigenvalue weighted by atomic mass is 16.5. The molecule has 14 heavy (non-hydrogen) atoms. The molecule has 0 aromatic rings. The van der Waals surface area contributed by atoms with Crippen LogP contribution >= 0.6 is 0 Å². The molecule has 0 radical (unpaired) electrons. The molecule has 0 saturated carbocycles. The Morgan fingerprint density at radius 1 is 1.36 bits per heavy atom. The number of amidine groups is 1. The van der Waals surface area contributed by atoms with E-state index in [0.29, 0.717) is 26.4 Å². The zero-order valence-corrected chi connectivity index (χ0v) is 8.60. The van der Waals surface area contributed by atoms with Gasteiger partial charge in [0.25, 0.3) is 0 Å². The normalized spacial score (nSPS) is 14.3. The van der Waals surface area contributed by atoms with E-state index >= 15 is 0 Å². The molecule has 0 aromatic carbocycles. The highest BCUT2D eigenvalue weighted by Gasteiger charge is 2.06. The first-order valence-electron chi connectivity index (χ1n) is 4.38. The van der Waals surface area contributed by atoms with Gasteiger partial charge in [-0.2, -0.15) is 0 Å². The number of methoxy groups -OCH3 is 1. The molecular formula is C8H18N2O4. The molecule has 0 rings (SSSR count). The summed E-state index contributed by atoms with van der Waals surface area (Å²) in [7, 11) is 1.61. The molecule has 0 aliphatic carbocycles. The lowest BCUT2D eigenvalue weighted by Crippen LogP contribution is -2.29. The molecule has 6 nitrogen and oxygen atoms in total. The zero-order valence-electron chi connectivity index (χ0n) is 8.60. The molecule has 0 aliphatic rings. The van der Waals surface area contributed by atoms with E-state index in [1.165, 1.54) is 0 Å². The van der Waals surface area contributed by atoms with Crippen molar-refractivity contribution in [3.63, 3.8) is 0 Å². The maximum Gasteiger partial charge on any atom is 0.168 e. The summed E-state index contributed by atoms with van der Waals surface area (Å²) in [6, 6.07) is 0. The van der Waals surface area contributed by atoms with Gasteiger partial charge in [0.15, 0.2) is 5.84 Å². The Hall–Kier alpha value is -0.850. The maximum absolute atomic E-state index is 8.31. The average Bonchev–Trinajstić information content (AvgIpc) is 2.21. The fraction of sp³-hybridized carbons (Fsp3) is 0.875. The zero-order chi connectivity index (χ0) is 10.8. The van der Waals surface area contributed by atoms with Crippen LogP contribution in [0, 0.1) is 0 Å². The van der Waals surface area contributed by atoms with Crippen LogP contribution in [0.15, 0.2) is 5.16 Å². The smallest absolute Gasteiger partial charge is 0.168 e. The van der Waals surface area contributed by atoms with Crippen molar-refractivity contribution in [3.8, 4) is 0 Å². The number of ether oxygens (including phenoxy) is 3. The van der Waals surface area contributed by atoms with Crippen LogP contribution in [-0.2, 0) is 14.2 Å². The standard InChI is InChI=1S/C8H18N2O4/c1-7(8(9)10-11)14-6-5-13-4-3-12-2/h7,11H,3-6H2,1-2H3,(H2,9,10). The van der Waals surface area contributed by atoms with E-state index in [1.54, 1.807) is 14.0 Å². The largest absolute Gasteiger partial charge is 0.409 e. The molecule has 0 bridgehead atoms. The van der Waals surface area contributed by atoms with E-state index < -0.39 is 6.10 Å². The summed E-state index contributed by atoms with van der Waals surface area (Å²) in [6.45, 7) is 3.67. The van der Waals surface area contributed by atoms with Crippen molar-refractivity contribution in [2.75, 3.05) is 33.5 Å². The van der Waals surface area contributed by atoms with Crippen LogP contribution in [0.25, 0.3) is 0 Å². The van der Waals surface area contributed by atoms with Gasteiger partial charge in [0.05, 0.1) is 26.4 Å². The first-order valence-corrected chi connectivity index (χ1v) is 4.38. The first kappa shape index (κ1) is 13.2. The van der Waals surface area contributed by atoms with Gasteiger partial charge in [-0.15, -0.1) is 0 Å². The van der Waals surface area contributed by atoms with Crippen LogP contribution in [0.2, 0.25) is 0 Å². The SMILES string of the molecule is COCCOCCOC(C)C(N)=NO. The summed E-state index contributed by atoms with van der Waals surface area (Å²) < 4.78 is 15.1. The van der Waals surface area contributed by atoms with Gasteiger partial charge < -0.3 is 25.2 Å². The minimum atomic E-state index is -0.397. The summed E-state index contributed by atoms with van der Waals surface area (Å²) in [5.41, 5.74) is 5.29. The lowest BCUT2D eigenvalue weighted by atomic mass is 10.4. The molecule has 0 aliphatic heterocycles. The number of nitrogens with zero attached hydrogens (tertiary/aromatic N) is 1. The molecular weight excluding hydrogens is 188 g/mol. The minimum Gasteiger partial charge on any atom is -0.409 e. The molecule has 6 heteroatoms. The van der Waals surface area contributed by atoms with Crippen molar-refractivity contribution in [2.24, 2.45) is 10.9 Å². The van der Waals surface area contributed by atoms with Gasteiger partial charge in [-0.25, -0.2) is 0 Å². The molecule has 0 saturated heterocycles. The lowest BCUT2D eigenvalue weighted by Gasteiger charge is -2.11. The van der Waals surface area contributed by atoms with Crippen LogP contribution in [0.3, 0.4) is 0 Å².